The lowest BCUT2D eigenvalue weighted by Crippen LogP contribution is -2.58. The molecular formula is C27H32N4O5. The van der Waals surface area contributed by atoms with Crippen LogP contribution in [-0.2, 0) is 0 Å². The molecule has 0 atom stereocenters. The van der Waals surface area contributed by atoms with Crippen molar-refractivity contribution >= 4 is 17.3 Å². The van der Waals surface area contributed by atoms with Crippen molar-refractivity contribution in [3.63, 3.8) is 0 Å². The van der Waals surface area contributed by atoms with Gasteiger partial charge in [0.2, 0.25) is 0 Å². The number of nitrogens with zero attached hydrogens (tertiary/aromatic N) is 2. The van der Waals surface area contributed by atoms with E-state index in [-0.39, 0.29) is 30.1 Å². The minimum Gasteiger partial charge on any atom is -0.490 e. The first kappa shape index (κ1) is 24.1. The Morgan fingerprint density at radius 2 is 1.94 bits per heavy atom. The normalized spacial score (nSPS) is 23.1. The summed E-state index contributed by atoms with van der Waals surface area (Å²) in [6, 6.07) is 9.09. The van der Waals surface area contributed by atoms with Gasteiger partial charge in [-0.1, -0.05) is 6.07 Å². The minimum atomic E-state index is -0.941. The summed E-state index contributed by atoms with van der Waals surface area (Å²) in [5, 5.41) is 17.3. The molecule has 4 N–H and O–H groups in total. The number of carbonyl (C=O) groups is 2. The highest BCUT2D eigenvalue weighted by molar-refractivity contribution is 6.00. The van der Waals surface area contributed by atoms with Gasteiger partial charge in [0, 0.05) is 6.04 Å². The predicted molar refractivity (Wildman–Crippen MR) is 133 cm³/mol. The zero-order chi connectivity index (χ0) is 25.7. The number of hydrogen-bond acceptors (Lipinski definition) is 6. The van der Waals surface area contributed by atoms with Crippen LogP contribution in [0.3, 0.4) is 0 Å². The molecule has 1 aromatic carbocycles. The first-order valence-electron chi connectivity index (χ1n) is 12.2. The molecule has 0 bridgehead atoms. The lowest BCUT2D eigenvalue weighted by Gasteiger charge is -2.57. The lowest BCUT2D eigenvalue weighted by atomic mass is 9.53. The molecule has 2 fully saturated rings. The fraction of sp³-hybridized carbons (Fsp3) is 0.444. The number of nitrogens with two attached hydrogens (primary N) is 1. The number of ether oxygens (including phenoxy) is 2. The summed E-state index contributed by atoms with van der Waals surface area (Å²) in [7, 11) is 0. The van der Waals surface area contributed by atoms with Crippen LogP contribution < -0.4 is 20.5 Å². The fourth-order valence-electron chi connectivity index (χ4n) is 5.27. The third kappa shape index (κ3) is 4.88. The number of hydrogen-bond donors (Lipinski definition) is 3. The van der Waals surface area contributed by atoms with E-state index >= 15 is 0 Å². The maximum Gasteiger partial charge on any atom is 0.255 e. The van der Waals surface area contributed by atoms with Crippen LogP contribution in [0.15, 0.2) is 42.7 Å². The maximum absolute atomic E-state index is 12.9. The lowest BCUT2D eigenvalue weighted by molar-refractivity contribution is -0.0834. The highest BCUT2D eigenvalue weighted by Crippen LogP contribution is 2.57. The van der Waals surface area contributed by atoms with E-state index in [2.05, 4.69) is 10.4 Å². The topological polar surface area (TPSA) is 128 Å². The molecule has 1 spiro atoms. The first-order chi connectivity index (χ1) is 17.0. The number of fused-ring (bicyclic) bond motifs is 1. The number of benzene rings is 1. The number of carbonyl (C=O) groups excluding carboxylic acids is 2. The standard InChI is InChI=1S/C27H32N4O5/c1-16-4-6-20(24(28)32)23(8-16)36-19-11-27(12-19)9-17(10-27)30-25(33)21-13-29-31-14-18(5-7-22(21)31)35-15-26(2,3)34/h4-8,13-14,17,19,34H,9-12,15H2,1-3H3,(H2,28,32)(H,30,33). The van der Waals surface area contributed by atoms with Gasteiger partial charge in [-0.15, -0.1) is 0 Å². The van der Waals surface area contributed by atoms with Crippen molar-refractivity contribution in [2.24, 2.45) is 11.1 Å². The highest BCUT2D eigenvalue weighted by Gasteiger charge is 2.54. The van der Waals surface area contributed by atoms with Crippen molar-refractivity contribution in [3.8, 4) is 11.5 Å². The average Bonchev–Trinajstić information content (AvgIpc) is 3.17. The quantitative estimate of drug-likeness (QED) is 0.444. The van der Waals surface area contributed by atoms with Gasteiger partial charge in [-0.05, 0) is 81.7 Å². The van der Waals surface area contributed by atoms with Crippen LogP contribution in [0.5, 0.6) is 11.5 Å². The second kappa shape index (κ2) is 8.81. The Kier molecular flexibility index (Phi) is 5.90. The minimum absolute atomic E-state index is 0.0500. The van der Waals surface area contributed by atoms with Gasteiger partial charge in [0.25, 0.3) is 11.8 Å². The van der Waals surface area contributed by atoms with Gasteiger partial charge in [-0.3, -0.25) is 9.59 Å². The molecule has 0 radical (unpaired) electrons. The Hall–Kier alpha value is -3.59. The molecule has 2 aliphatic rings. The Balaban J connectivity index is 1.13. The van der Waals surface area contributed by atoms with E-state index in [4.69, 9.17) is 15.2 Å². The molecule has 2 saturated carbocycles. The zero-order valence-corrected chi connectivity index (χ0v) is 20.8. The molecule has 2 amide bonds. The van der Waals surface area contributed by atoms with E-state index in [1.807, 2.05) is 19.1 Å². The summed E-state index contributed by atoms with van der Waals surface area (Å²) in [6.45, 7) is 5.45. The Labute approximate surface area is 209 Å². The molecule has 0 unspecified atom stereocenters. The summed E-state index contributed by atoms with van der Waals surface area (Å²) in [5.74, 6) is 0.480. The summed E-state index contributed by atoms with van der Waals surface area (Å²) >= 11 is 0. The van der Waals surface area contributed by atoms with E-state index in [0.717, 1.165) is 31.2 Å². The molecule has 36 heavy (non-hydrogen) atoms. The van der Waals surface area contributed by atoms with Crippen molar-refractivity contribution in [1.82, 2.24) is 14.9 Å². The highest BCUT2D eigenvalue weighted by atomic mass is 16.5. The van der Waals surface area contributed by atoms with Crippen LogP contribution in [-0.4, -0.2) is 50.9 Å². The van der Waals surface area contributed by atoms with Crippen LogP contribution in [0.1, 0.15) is 65.8 Å². The second-order valence-corrected chi connectivity index (χ2v) is 10.9. The number of rotatable bonds is 8. The van der Waals surface area contributed by atoms with Crippen LogP contribution >= 0.6 is 0 Å². The molecule has 2 aliphatic carbocycles. The number of primary amides is 1. The molecule has 9 heteroatoms. The second-order valence-electron chi connectivity index (χ2n) is 10.9. The van der Waals surface area contributed by atoms with Gasteiger partial charge in [-0.25, -0.2) is 4.52 Å². The van der Waals surface area contributed by atoms with Crippen molar-refractivity contribution in [2.75, 3.05) is 6.61 Å². The zero-order valence-electron chi connectivity index (χ0n) is 20.8. The Morgan fingerprint density at radius 3 is 2.64 bits per heavy atom. The van der Waals surface area contributed by atoms with Crippen LogP contribution in [0, 0.1) is 12.3 Å². The SMILES string of the molecule is Cc1ccc(C(N)=O)c(OC2CC3(CC(NC(=O)c4cnn5cc(OCC(C)(C)O)ccc45)C3)C2)c1. The number of aliphatic hydroxyl groups is 1. The summed E-state index contributed by atoms with van der Waals surface area (Å²) < 4.78 is 13.3. The van der Waals surface area contributed by atoms with Gasteiger partial charge in [0.05, 0.1) is 40.7 Å². The Morgan fingerprint density at radius 1 is 1.19 bits per heavy atom. The van der Waals surface area contributed by atoms with Crippen molar-refractivity contribution in [3.05, 3.63) is 59.4 Å². The van der Waals surface area contributed by atoms with Gasteiger partial charge < -0.3 is 25.6 Å². The smallest absolute Gasteiger partial charge is 0.255 e. The first-order valence-corrected chi connectivity index (χ1v) is 12.2. The number of aromatic nitrogens is 2. The average molecular weight is 493 g/mol. The van der Waals surface area contributed by atoms with E-state index in [1.165, 1.54) is 0 Å². The van der Waals surface area contributed by atoms with E-state index in [0.29, 0.717) is 28.1 Å². The third-order valence-corrected chi connectivity index (χ3v) is 7.04. The van der Waals surface area contributed by atoms with Gasteiger partial charge >= 0.3 is 0 Å². The third-order valence-electron chi connectivity index (χ3n) is 7.04. The van der Waals surface area contributed by atoms with Crippen molar-refractivity contribution in [1.29, 1.82) is 0 Å². The van der Waals surface area contributed by atoms with Crippen molar-refractivity contribution in [2.45, 2.75) is 64.2 Å². The number of nitrogens with one attached hydrogen (secondary N) is 1. The van der Waals surface area contributed by atoms with Gasteiger partial charge in [-0.2, -0.15) is 5.10 Å². The number of aryl methyl sites for hydroxylation is 1. The molecule has 9 nitrogen and oxygen atoms in total. The summed E-state index contributed by atoms with van der Waals surface area (Å²) in [4.78, 5) is 24.6. The van der Waals surface area contributed by atoms with Crippen LogP contribution in [0.4, 0.5) is 0 Å². The van der Waals surface area contributed by atoms with Gasteiger partial charge in [0.15, 0.2) is 0 Å². The Bertz CT molecular complexity index is 1310. The largest absolute Gasteiger partial charge is 0.490 e. The molecule has 2 heterocycles. The van der Waals surface area contributed by atoms with E-state index in [9.17, 15) is 14.7 Å². The molecule has 0 saturated heterocycles. The number of amides is 2. The summed E-state index contributed by atoms with van der Waals surface area (Å²) in [6.07, 6.45) is 6.92. The molecule has 5 rings (SSSR count). The fourth-order valence-corrected chi connectivity index (χ4v) is 5.27. The molecule has 0 aliphatic heterocycles. The predicted octanol–water partition coefficient (Wildman–Crippen LogP) is 3.01. The summed E-state index contributed by atoms with van der Waals surface area (Å²) in [5.41, 5.74) is 7.36. The van der Waals surface area contributed by atoms with Gasteiger partial charge in [0.1, 0.15) is 18.1 Å². The van der Waals surface area contributed by atoms with E-state index < -0.39 is 11.5 Å². The molecule has 190 valence electrons. The monoisotopic (exact) mass is 492 g/mol. The molecular weight excluding hydrogens is 460 g/mol. The molecule has 3 aromatic rings. The molecule has 2 aromatic heterocycles. The van der Waals surface area contributed by atoms with Crippen molar-refractivity contribution < 1.29 is 24.2 Å². The van der Waals surface area contributed by atoms with E-state index in [1.54, 1.807) is 49.0 Å². The van der Waals surface area contributed by atoms with Crippen LogP contribution in [0.25, 0.3) is 5.52 Å². The van der Waals surface area contributed by atoms with Crippen LogP contribution in [0.2, 0.25) is 0 Å². The number of pyridine rings is 1. The maximum atomic E-state index is 12.9.